The fourth-order valence-electron chi connectivity index (χ4n) is 4.01. The molecule has 0 spiro atoms. The van der Waals surface area contributed by atoms with Gasteiger partial charge in [0.25, 0.3) is 0 Å². The summed E-state index contributed by atoms with van der Waals surface area (Å²) < 4.78 is 0. The first-order chi connectivity index (χ1) is 18.0. The molecule has 0 fully saturated rings. The quantitative estimate of drug-likeness (QED) is 0.201. The molecule has 3 amide bonds. The highest BCUT2D eigenvalue weighted by Gasteiger charge is 2.31. The summed E-state index contributed by atoms with van der Waals surface area (Å²) in [6.07, 6.45) is 3.92. The van der Waals surface area contributed by atoms with Crippen LogP contribution in [0.15, 0.2) is 42.9 Å². The van der Waals surface area contributed by atoms with E-state index < -0.39 is 47.9 Å². The molecule has 0 aliphatic rings. The maximum absolute atomic E-state index is 13.4. The molecule has 1 aromatic heterocycles. The number of imidazole rings is 1. The Morgan fingerprint density at radius 1 is 0.842 bits per heavy atom. The van der Waals surface area contributed by atoms with Gasteiger partial charge < -0.3 is 31.8 Å². The summed E-state index contributed by atoms with van der Waals surface area (Å²) in [5, 5.41) is 17.5. The number of rotatable bonds is 15. The molecule has 1 heterocycles. The molecule has 0 saturated carbocycles. The summed E-state index contributed by atoms with van der Waals surface area (Å²) in [6, 6.07) is 5.29. The van der Waals surface area contributed by atoms with Gasteiger partial charge in [-0.15, -0.1) is 0 Å². The van der Waals surface area contributed by atoms with Crippen LogP contribution in [-0.4, -0.2) is 62.9 Å². The number of aromatic amines is 1. The monoisotopic (exact) mass is 528 g/mol. The molecule has 4 unspecified atom stereocenters. The number of aromatic nitrogens is 2. The number of nitrogens with two attached hydrogens (primary N) is 1. The molecule has 11 nitrogen and oxygen atoms in total. The summed E-state index contributed by atoms with van der Waals surface area (Å²) in [5.74, 6) is -2.76. The van der Waals surface area contributed by atoms with Gasteiger partial charge in [-0.3, -0.25) is 14.4 Å². The van der Waals surface area contributed by atoms with Crippen molar-refractivity contribution in [2.75, 3.05) is 0 Å². The molecule has 2 rings (SSSR count). The van der Waals surface area contributed by atoms with Crippen LogP contribution in [-0.2, 0) is 32.0 Å². The van der Waals surface area contributed by atoms with Crippen molar-refractivity contribution in [3.8, 4) is 0 Å². The Labute approximate surface area is 223 Å². The highest BCUT2D eigenvalue weighted by atomic mass is 16.4. The number of carbonyl (C=O) groups is 4. The third-order valence-corrected chi connectivity index (χ3v) is 5.91. The van der Waals surface area contributed by atoms with Gasteiger partial charge in [-0.1, -0.05) is 58.0 Å². The number of carboxylic acids is 1. The zero-order valence-electron chi connectivity index (χ0n) is 22.4. The average Bonchev–Trinajstić information content (AvgIpc) is 3.35. The first-order valence-electron chi connectivity index (χ1n) is 12.9. The fraction of sp³-hybridized carbons (Fsp3) is 0.519. The van der Waals surface area contributed by atoms with Crippen LogP contribution in [0.1, 0.15) is 51.8 Å². The van der Waals surface area contributed by atoms with Crippen molar-refractivity contribution in [1.29, 1.82) is 0 Å². The van der Waals surface area contributed by atoms with E-state index in [1.54, 1.807) is 0 Å². The van der Waals surface area contributed by atoms with E-state index in [4.69, 9.17) is 5.73 Å². The number of amides is 3. The Morgan fingerprint density at radius 3 is 1.95 bits per heavy atom. The van der Waals surface area contributed by atoms with Crippen LogP contribution in [0.4, 0.5) is 0 Å². The van der Waals surface area contributed by atoms with Gasteiger partial charge in [0.1, 0.15) is 18.1 Å². The molecular weight excluding hydrogens is 488 g/mol. The van der Waals surface area contributed by atoms with Crippen molar-refractivity contribution in [2.24, 2.45) is 17.6 Å². The number of carbonyl (C=O) groups excluding carboxylic acids is 3. The van der Waals surface area contributed by atoms with E-state index >= 15 is 0 Å². The Balaban J connectivity index is 2.17. The molecule has 7 N–H and O–H groups in total. The molecule has 1 aromatic carbocycles. The van der Waals surface area contributed by atoms with Crippen LogP contribution in [0.5, 0.6) is 0 Å². The number of H-pyrrole nitrogens is 1. The van der Waals surface area contributed by atoms with Gasteiger partial charge in [0.05, 0.1) is 12.4 Å². The first-order valence-corrected chi connectivity index (χ1v) is 12.9. The van der Waals surface area contributed by atoms with Crippen LogP contribution in [0.2, 0.25) is 0 Å². The molecule has 0 aliphatic carbocycles. The zero-order valence-corrected chi connectivity index (χ0v) is 22.4. The number of hydrogen-bond acceptors (Lipinski definition) is 6. The predicted molar refractivity (Wildman–Crippen MR) is 143 cm³/mol. The second-order valence-electron chi connectivity index (χ2n) is 10.4. The lowest BCUT2D eigenvalue weighted by Crippen LogP contribution is -2.58. The second-order valence-corrected chi connectivity index (χ2v) is 10.4. The molecule has 208 valence electrons. The van der Waals surface area contributed by atoms with Gasteiger partial charge in [-0.05, 0) is 36.7 Å². The van der Waals surface area contributed by atoms with Crippen molar-refractivity contribution in [3.05, 3.63) is 54.1 Å². The Hall–Kier alpha value is -3.73. The lowest BCUT2D eigenvalue weighted by Gasteiger charge is -2.26. The van der Waals surface area contributed by atoms with Gasteiger partial charge in [-0.25, -0.2) is 9.78 Å². The second kappa shape index (κ2) is 14.9. The maximum atomic E-state index is 13.4. The van der Waals surface area contributed by atoms with E-state index in [-0.39, 0.29) is 37.5 Å². The van der Waals surface area contributed by atoms with Gasteiger partial charge in [0, 0.05) is 18.3 Å². The summed E-state index contributed by atoms with van der Waals surface area (Å²) in [6.45, 7) is 7.50. The summed E-state index contributed by atoms with van der Waals surface area (Å²) in [7, 11) is 0. The van der Waals surface area contributed by atoms with Crippen LogP contribution in [0, 0.1) is 11.8 Å². The molecule has 4 atom stereocenters. The summed E-state index contributed by atoms with van der Waals surface area (Å²) >= 11 is 0. The third-order valence-electron chi connectivity index (χ3n) is 5.91. The minimum Gasteiger partial charge on any atom is -0.480 e. The predicted octanol–water partition coefficient (Wildman–Crippen LogP) is 1.15. The number of carboxylic acid groups (broad SMARTS) is 1. The molecule has 38 heavy (non-hydrogen) atoms. The fourth-order valence-corrected chi connectivity index (χ4v) is 4.01. The summed E-state index contributed by atoms with van der Waals surface area (Å²) in [4.78, 5) is 57.9. The largest absolute Gasteiger partial charge is 0.480 e. The number of aliphatic carboxylic acids is 1. The highest BCUT2D eigenvalue weighted by molar-refractivity contribution is 5.94. The lowest BCUT2D eigenvalue weighted by atomic mass is 10.00. The van der Waals surface area contributed by atoms with Crippen LogP contribution >= 0.6 is 0 Å². The van der Waals surface area contributed by atoms with Crippen LogP contribution in [0.25, 0.3) is 0 Å². The summed E-state index contributed by atoms with van der Waals surface area (Å²) in [5.41, 5.74) is 7.61. The lowest BCUT2D eigenvalue weighted by molar-refractivity contribution is -0.143. The van der Waals surface area contributed by atoms with E-state index in [2.05, 4.69) is 25.9 Å². The number of benzene rings is 1. The average molecular weight is 529 g/mol. The third kappa shape index (κ3) is 10.3. The van der Waals surface area contributed by atoms with E-state index in [1.807, 2.05) is 58.0 Å². The van der Waals surface area contributed by atoms with Gasteiger partial charge in [0.15, 0.2) is 0 Å². The van der Waals surface area contributed by atoms with Gasteiger partial charge in [0.2, 0.25) is 17.7 Å². The normalized spacial score (nSPS) is 14.4. The molecule has 0 aliphatic heterocycles. The maximum Gasteiger partial charge on any atom is 0.326 e. The Morgan fingerprint density at radius 2 is 1.39 bits per heavy atom. The Bertz CT molecular complexity index is 1040. The molecule has 11 heteroatoms. The number of hydrogen-bond donors (Lipinski definition) is 6. The first kappa shape index (κ1) is 30.5. The van der Waals surface area contributed by atoms with E-state index in [0.717, 1.165) is 5.56 Å². The minimum absolute atomic E-state index is 0.0272. The van der Waals surface area contributed by atoms with Crippen molar-refractivity contribution in [2.45, 2.75) is 77.5 Å². The Kier molecular flexibility index (Phi) is 11.9. The minimum atomic E-state index is -1.14. The molecule has 0 radical (unpaired) electrons. The topological polar surface area (TPSA) is 179 Å². The standard InChI is InChI=1S/C27H40N6O5/c1-16(2)10-21(25(35)33-23(27(37)38)11-17(3)4)32-26(36)22(13-19-14-29-15-30-19)31-24(34)20(28)12-18-8-6-5-7-9-18/h5-9,14-17,20-23H,10-13,28H2,1-4H3,(H,29,30)(H,31,34)(H,32,36)(H,33,35)(H,37,38). The van der Waals surface area contributed by atoms with Gasteiger partial charge in [-0.2, -0.15) is 0 Å². The van der Waals surface area contributed by atoms with Crippen molar-refractivity contribution < 1.29 is 24.3 Å². The number of nitrogens with zero attached hydrogens (tertiary/aromatic N) is 1. The number of nitrogens with one attached hydrogen (secondary N) is 4. The van der Waals surface area contributed by atoms with Crippen molar-refractivity contribution in [1.82, 2.24) is 25.9 Å². The smallest absolute Gasteiger partial charge is 0.326 e. The molecule has 0 saturated heterocycles. The zero-order chi connectivity index (χ0) is 28.2. The highest BCUT2D eigenvalue weighted by Crippen LogP contribution is 2.10. The molecule has 0 bridgehead atoms. The van der Waals surface area contributed by atoms with Crippen molar-refractivity contribution >= 4 is 23.7 Å². The SMILES string of the molecule is CC(C)CC(NC(=O)C(CC(C)C)NC(=O)C(Cc1cnc[nH]1)NC(=O)C(N)Cc1ccccc1)C(=O)O. The van der Waals surface area contributed by atoms with E-state index in [0.29, 0.717) is 5.69 Å². The van der Waals surface area contributed by atoms with E-state index in [1.165, 1.54) is 12.5 Å². The molecular formula is C27H40N6O5. The van der Waals surface area contributed by atoms with Crippen molar-refractivity contribution in [3.63, 3.8) is 0 Å². The van der Waals surface area contributed by atoms with Crippen LogP contribution in [0.3, 0.4) is 0 Å². The van der Waals surface area contributed by atoms with Crippen LogP contribution < -0.4 is 21.7 Å². The molecule has 2 aromatic rings. The van der Waals surface area contributed by atoms with Gasteiger partial charge >= 0.3 is 5.97 Å². The van der Waals surface area contributed by atoms with E-state index in [9.17, 15) is 24.3 Å².